The van der Waals surface area contributed by atoms with Crippen molar-refractivity contribution < 1.29 is 38.1 Å². The summed E-state index contributed by atoms with van der Waals surface area (Å²) in [6.45, 7) is 9.23. The number of fused-ring (bicyclic) bond motifs is 1. The van der Waals surface area contributed by atoms with E-state index in [9.17, 15) is 19.2 Å². The number of hydrogen-bond donors (Lipinski definition) is 5. The van der Waals surface area contributed by atoms with Crippen molar-refractivity contribution in [2.24, 2.45) is 5.92 Å². The zero-order valence-electron chi connectivity index (χ0n) is 29.1. The molecule has 5 N–H and O–H groups in total. The molecule has 1 aromatic heterocycles. The summed E-state index contributed by atoms with van der Waals surface area (Å²) in [4.78, 5) is 52.7. The van der Waals surface area contributed by atoms with Crippen molar-refractivity contribution in [3.05, 3.63) is 18.2 Å². The van der Waals surface area contributed by atoms with Crippen LogP contribution in [0.15, 0.2) is 12.5 Å². The van der Waals surface area contributed by atoms with Crippen molar-refractivity contribution in [2.45, 2.75) is 101 Å². The monoisotopic (exact) mass is 709 g/mol. The first-order valence-electron chi connectivity index (χ1n) is 17.7. The second-order valence-electron chi connectivity index (χ2n) is 13.0. The van der Waals surface area contributed by atoms with Gasteiger partial charge in [-0.3, -0.25) is 14.4 Å². The number of carbonyl (C=O) groups excluding carboxylic acids is 4. The Morgan fingerprint density at radius 1 is 1.04 bits per heavy atom. The number of hydrogen-bond acceptors (Lipinski definition) is 10. The lowest BCUT2D eigenvalue weighted by atomic mass is 10.0. The van der Waals surface area contributed by atoms with E-state index >= 15 is 0 Å². The van der Waals surface area contributed by atoms with Crippen molar-refractivity contribution in [2.75, 3.05) is 58.5 Å². The maximum atomic E-state index is 12.6. The standard InChI is InChI=1S/C33H55N7O8S/c1-4-24-17-22(2)32(48-24)40-19-25(36-21-40)31(43)37-23(3)18-29(42)35-10-12-46-14-16-47-15-13-45-11-9-34-28(41)8-6-5-7-27-30-26(20-49-27)38-33(44)39-30/h19,21-24,26-27,30,32H,4-18,20H2,1-3H3,(H,34,41)(H,35,42)(H,37,43)(H2,38,39,44)/t22?,23-,24+,26?,27?,30?,32+/m0/s1. The maximum absolute atomic E-state index is 12.6. The predicted molar refractivity (Wildman–Crippen MR) is 184 cm³/mol. The fourth-order valence-corrected chi connectivity index (χ4v) is 7.81. The van der Waals surface area contributed by atoms with Crippen LogP contribution in [0.4, 0.5) is 4.79 Å². The summed E-state index contributed by atoms with van der Waals surface area (Å²) in [6, 6.07) is 0.0163. The van der Waals surface area contributed by atoms with Gasteiger partial charge in [0.15, 0.2) is 0 Å². The second kappa shape index (κ2) is 20.7. The van der Waals surface area contributed by atoms with Crippen molar-refractivity contribution in [3.63, 3.8) is 0 Å². The molecule has 15 nitrogen and oxygen atoms in total. The van der Waals surface area contributed by atoms with Crippen LogP contribution in [0, 0.1) is 5.92 Å². The first kappa shape index (κ1) is 38.9. The molecule has 276 valence electrons. The molecule has 0 aromatic carbocycles. The number of rotatable bonds is 23. The van der Waals surface area contributed by atoms with E-state index in [0.29, 0.717) is 76.0 Å². The van der Waals surface area contributed by atoms with Crippen molar-refractivity contribution in [3.8, 4) is 0 Å². The predicted octanol–water partition coefficient (Wildman–Crippen LogP) is 1.73. The molecular formula is C33H55N7O8S. The Kier molecular flexibility index (Phi) is 16.4. The van der Waals surface area contributed by atoms with Gasteiger partial charge in [-0.05, 0) is 32.6 Å². The molecule has 0 radical (unpaired) electrons. The molecule has 0 bridgehead atoms. The largest absolute Gasteiger partial charge is 0.377 e. The second-order valence-corrected chi connectivity index (χ2v) is 14.2. The average molecular weight is 710 g/mol. The van der Waals surface area contributed by atoms with Crippen LogP contribution in [0.2, 0.25) is 0 Å². The number of unbranched alkanes of at least 4 members (excludes halogenated alkanes) is 1. The Morgan fingerprint density at radius 3 is 2.43 bits per heavy atom. The molecule has 4 rings (SSSR count). The smallest absolute Gasteiger partial charge is 0.315 e. The molecule has 1 aromatic rings. The van der Waals surface area contributed by atoms with E-state index in [0.717, 1.165) is 37.9 Å². The third-order valence-electron chi connectivity index (χ3n) is 8.87. The molecule has 0 aliphatic carbocycles. The normalized spacial score (nSPS) is 25.0. The highest BCUT2D eigenvalue weighted by atomic mass is 32.2. The Hall–Kier alpha value is -2.92. The van der Waals surface area contributed by atoms with Gasteiger partial charge in [0.2, 0.25) is 11.8 Å². The van der Waals surface area contributed by atoms with Crippen molar-refractivity contribution >= 4 is 35.5 Å². The minimum atomic E-state index is -0.362. The van der Waals surface area contributed by atoms with Gasteiger partial charge in [-0.25, -0.2) is 9.78 Å². The summed E-state index contributed by atoms with van der Waals surface area (Å²) in [5, 5.41) is 14.9. The van der Waals surface area contributed by atoms with Gasteiger partial charge in [0.25, 0.3) is 5.91 Å². The molecule has 0 saturated carbocycles. The number of imidazole rings is 1. The van der Waals surface area contributed by atoms with Crippen LogP contribution in [0.1, 0.15) is 82.4 Å². The fraction of sp³-hybridized carbons (Fsp3) is 0.788. The highest BCUT2D eigenvalue weighted by Crippen LogP contribution is 2.35. The zero-order valence-corrected chi connectivity index (χ0v) is 29.9. The van der Waals surface area contributed by atoms with E-state index in [2.05, 4.69) is 45.4 Å². The van der Waals surface area contributed by atoms with Crippen LogP contribution in [0.3, 0.4) is 0 Å². The Bertz CT molecular complexity index is 1210. The molecule has 3 aliphatic rings. The fourth-order valence-electron chi connectivity index (χ4n) is 6.27. The Morgan fingerprint density at radius 2 is 1.73 bits per heavy atom. The van der Waals surface area contributed by atoms with Gasteiger partial charge in [-0.15, -0.1) is 0 Å². The first-order chi connectivity index (χ1) is 23.7. The number of ether oxygens (including phenoxy) is 4. The van der Waals surface area contributed by atoms with Gasteiger partial charge >= 0.3 is 6.03 Å². The van der Waals surface area contributed by atoms with Gasteiger partial charge in [0, 0.05) is 55.1 Å². The zero-order chi connectivity index (χ0) is 35.0. The molecule has 3 saturated heterocycles. The average Bonchev–Trinajstić information content (AvgIpc) is 3.86. The third kappa shape index (κ3) is 13.0. The van der Waals surface area contributed by atoms with Gasteiger partial charge < -0.3 is 50.1 Å². The van der Waals surface area contributed by atoms with Gasteiger partial charge in [0.1, 0.15) is 11.9 Å². The van der Waals surface area contributed by atoms with Crippen LogP contribution < -0.4 is 26.6 Å². The molecule has 5 amide bonds. The van der Waals surface area contributed by atoms with Crippen LogP contribution in [0.25, 0.3) is 0 Å². The summed E-state index contributed by atoms with van der Waals surface area (Å²) < 4.78 is 24.4. The number of amides is 5. The first-order valence-corrected chi connectivity index (χ1v) is 18.7. The molecular weight excluding hydrogens is 654 g/mol. The van der Waals surface area contributed by atoms with Crippen LogP contribution >= 0.6 is 11.8 Å². The van der Waals surface area contributed by atoms with Gasteiger partial charge in [-0.2, -0.15) is 11.8 Å². The molecule has 4 heterocycles. The minimum absolute atomic E-state index is 0.0245. The lowest BCUT2D eigenvalue weighted by Crippen LogP contribution is -2.38. The lowest BCUT2D eigenvalue weighted by Gasteiger charge is -2.16. The van der Waals surface area contributed by atoms with E-state index in [1.165, 1.54) is 0 Å². The third-order valence-corrected chi connectivity index (χ3v) is 10.4. The van der Waals surface area contributed by atoms with E-state index in [4.69, 9.17) is 18.9 Å². The molecule has 0 spiro atoms. The van der Waals surface area contributed by atoms with E-state index in [-0.39, 0.29) is 60.6 Å². The molecule has 16 heteroatoms. The van der Waals surface area contributed by atoms with E-state index < -0.39 is 0 Å². The van der Waals surface area contributed by atoms with Gasteiger partial charge in [0.05, 0.1) is 64.2 Å². The van der Waals surface area contributed by atoms with Crippen molar-refractivity contribution in [1.82, 2.24) is 36.1 Å². The number of nitrogens with zero attached hydrogens (tertiary/aromatic N) is 2. The molecule has 3 aliphatic heterocycles. The van der Waals surface area contributed by atoms with Gasteiger partial charge in [-0.1, -0.05) is 20.3 Å². The minimum Gasteiger partial charge on any atom is -0.377 e. The maximum Gasteiger partial charge on any atom is 0.315 e. The SMILES string of the molecule is CC[C@@H]1CC(C)[C@H](n2cnc(C(=O)N[C@@H](C)CC(=O)NCCOCCOCCOCCNC(=O)CCCCC3SCC4NC(=O)NC43)c2)O1. The number of carbonyl (C=O) groups is 4. The molecule has 4 unspecified atom stereocenters. The van der Waals surface area contributed by atoms with Crippen LogP contribution in [-0.4, -0.2) is 121 Å². The van der Waals surface area contributed by atoms with Crippen molar-refractivity contribution in [1.29, 1.82) is 0 Å². The summed E-state index contributed by atoms with van der Waals surface area (Å²) in [6.07, 6.45) is 8.78. The van der Waals surface area contributed by atoms with Crippen LogP contribution in [0.5, 0.6) is 0 Å². The summed E-state index contributed by atoms with van der Waals surface area (Å²) in [5.41, 5.74) is 0.296. The quantitative estimate of drug-likeness (QED) is 0.0829. The van der Waals surface area contributed by atoms with Crippen LogP contribution in [-0.2, 0) is 28.5 Å². The highest BCUT2D eigenvalue weighted by Gasteiger charge is 2.42. The highest BCUT2D eigenvalue weighted by molar-refractivity contribution is 8.00. The number of urea groups is 1. The molecule has 7 atom stereocenters. The lowest BCUT2D eigenvalue weighted by molar-refractivity contribution is -0.122. The van der Waals surface area contributed by atoms with E-state index in [1.54, 1.807) is 19.4 Å². The number of nitrogens with one attached hydrogen (secondary N) is 5. The number of aromatic nitrogens is 2. The molecule has 3 fully saturated rings. The summed E-state index contributed by atoms with van der Waals surface area (Å²) in [5.74, 6) is 0.809. The Labute approximate surface area is 293 Å². The topological polar surface area (TPSA) is 183 Å². The summed E-state index contributed by atoms with van der Waals surface area (Å²) >= 11 is 1.89. The molecule has 49 heavy (non-hydrogen) atoms. The van der Waals surface area contributed by atoms with E-state index in [1.807, 2.05) is 16.3 Å². The summed E-state index contributed by atoms with van der Waals surface area (Å²) in [7, 11) is 0. The number of thioether (sulfide) groups is 1. The Balaban J connectivity index is 0.897.